The predicted molar refractivity (Wildman–Crippen MR) is 106 cm³/mol. The maximum Gasteiger partial charge on any atom is 0.308 e. The van der Waals surface area contributed by atoms with Crippen molar-refractivity contribution in [2.75, 3.05) is 11.9 Å². The zero-order valence-corrected chi connectivity index (χ0v) is 16.3. The number of hydrogen-bond donors (Lipinski definition) is 2. The van der Waals surface area contributed by atoms with Gasteiger partial charge in [0.05, 0.1) is 15.4 Å². The van der Waals surface area contributed by atoms with Crippen LogP contribution in [0.5, 0.6) is 0 Å². The summed E-state index contributed by atoms with van der Waals surface area (Å²) in [6.45, 7) is 1.96. The van der Waals surface area contributed by atoms with Gasteiger partial charge < -0.3 is 10.4 Å². The third kappa shape index (κ3) is 4.28. The van der Waals surface area contributed by atoms with Crippen LogP contribution >= 0.6 is 27.3 Å². The number of aliphatic carboxylic acids is 1. The topological polar surface area (TPSA) is 62.2 Å². The van der Waals surface area contributed by atoms with E-state index in [0.717, 1.165) is 26.2 Å². The molecule has 4 nitrogen and oxygen atoms in total. The highest BCUT2D eigenvalue weighted by molar-refractivity contribution is 9.11. The van der Waals surface area contributed by atoms with Crippen LogP contribution in [0.25, 0.3) is 22.4 Å². The van der Waals surface area contributed by atoms with E-state index in [0.29, 0.717) is 11.7 Å². The van der Waals surface area contributed by atoms with Crippen molar-refractivity contribution in [1.82, 2.24) is 4.98 Å². The van der Waals surface area contributed by atoms with Gasteiger partial charge in [-0.1, -0.05) is 54.7 Å². The average Bonchev–Trinajstić information content (AvgIpc) is 3.01. The second-order valence-corrected chi connectivity index (χ2v) is 8.16. The number of rotatable bonds is 6. The molecule has 3 aromatic rings. The van der Waals surface area contributed by atoms with Gasteiger partial charge in [-0.15, -0.1) is 0 Å². The quantitative estimate of drug-likeness (QED) is 0.536. The van der Waals surface area contributed by atoms with E-state index in [1.165, 1.54) is 23.5 Å². The van der Waals surface area contributed by atoms with Gasteiger partial charge in [0.2, 0.25) is 0 Å². The molecule has 0 spiro atoms. The van der Waals surface area contributed by atoms with Crippen molar-refractivity contribution in [2.45, 2.75) is 6.92 Å². The summed E-state index contributed by atoms with van der Waals surface area (Å²) in [6.07, 6.45) is 0. The van der Waals surface area contributed by atoms with Crippen LogP contribution in [-0.4, -0.2) is 22.6 Å². The highest BCUT2D eigenvalue weighted by atomic mass is 79.9. The molecule has 0 amide bonds. The van der Waals surface area contributed by atoms with Crippen LogP contribution in [0.4, 0.5) is 9.52 Å². The number of hydrogen-bond acceptors (Lipinski definition) is 4. The summed E-state index contributed by atoms with van der Waals surface area (Å²) in [5.41, 5.74) is 3.68. The minimum Gasteiger partial charge on any atom is -0.481 e. The van der Waals surface area contributed by atoms with E-state index in [-0.39, 0.29) is 5.82 Å². The summed E-state index contributed by atoms with van der Waals surface area (Å²) < 4.78 is 13.9. The van der Waals surface area contributed by atoms with E-state index in [2.05, 4.69) is 26.2 Å². The first kappa shape index (κ1) is 18.5. The number of carbonyl (C=O) groups is 1. The zero-order chi connectivity index (χ0) is 18.7. The number of thiazole rings is 1. The number of aromatic nitrogens is 1. The van der Waals surface area contributed by atoms with Gasteiger partial charge in [-0.05, 0) is 39.2 Å². The molecule has 3 rings (SSSR count). The fraction of sp³-hybridized carbons (Fsp3) is 0.158. The molecule has 26 heavy (non-hydrogen) atoms. The number of halogens is 2. The molecular weight excluding hydrogens is 419 g/mol. The Labute approximate surface area is 162 Å². The van der Waals surface area contributed by atoms with Crippen LogP contribution < -0.4 is 5.32 Å². The summed E-state index contributed by atoms with van der Waals surface area (Å²) >= 11 is 4.94. The van der Waals surface area contributed by atoms with Crippen LogP contribution in [-0.2, 0) is 4.79 Å². The summed E-state index contributed by atoms with van der Waals surface area (Å²) in [5.74, 6) is -1.59. The highest BCUT2D eigenvalue weighted by Crippen LogP contribution is 2.36. The molecule has 0 aliphatic carbocycles. The normalized spacial score (nSPS) is 12.0. The van der Waals surface area contributed by atoms with E-state index >= 15 is 0 Å². The first-order chi connectivity index (χ1) is 12.4. The van der Waals surface area contributed by atoms with Crippen molar-refractivity contribution in [3.8, 4) is 22.4 Å². The minimum atomic E-state index is -0.843. The predicted octanol–water partition coefficient (Wildman–Crippen LogP) is 5.51. The molecule has 0 saturated carbocycles. The van der Waals surface area contributed by atoms with Gasteiger partial charge in [0.25, 0.3) is 0 Å². The fourth-order valence-electron chi connectivity index (χ4n) is 2.35. The van der Waals surface area contributed by atoms with Gasteiger partial charge in [-0.3, -0.25) is 4.79 Å². The molecular formula is C19H16BrFN2O2S. The minimum absolute atomic E-state index is 0.256. The molecule has 1 atom stereocenters. The molecule has 2 N–H and O–H groups in total. The standard InChI is InChI=1S/C19H16BrFN2O2S/c1-11(18(24)25)10-22-19-23-16(17(20)26-19)14-4-2-12(3-5-14)13-6-8-15(21)9-7-13/h2-9,11H,10H2,1H3,(H,22,23)(H,24,25). The Balaban J connectivity index is 1.77. The number of benzene rings is 2. The molecule has 2 aromatic carbocycles. The molecule has 1 aromatic heterocycles. The number of nitrogens with zero attached hydrogens (tertiary/aromatic N) is 1. The van der Waals surface area contributed by atoms with E-state index in [1.807, 2.05) is 24.3 Å². The Bertz CT molecular complexity index is 910. The van der Waals surface area contributed by atoms with Crippen molar-refractivity contribution in [1.29, 1.82) is 0 Å². The van der Waals surface area contributed by atoms with Crippen molar-refractivity contribution in [3.05, 3.63) is 58.1 Å². The largest absolute Gasteiger partial charge is 0.481 e. The molecule has 0 aliphatic heterocycles. The van der Waals surface area contributed by atoms with Crippen molar-refractivity contribution < 1.29 is 14.3 Å². The van der Waals surface area contributed by atoms with Crippen LogP contribution in [0.3, 0.4) is 0 Å². The van der Waals surface area contributed by atoms with Crippen molar-refractivity contribution in [2.24, 2.45) is 5.92 Å². The summed E-state index contributed by atoms with van der Waals surface area (Å²) in [6, 6.07) is 14.2. The van der Waals surface area contributed by atoms with Gasteiger partial charge in [-0.2, -0.15) is 0 Å². The second kappa shape index (κ2) is 7.97. The third-order valence-corrected chi connectivity index (χ3v) is 5.57. The lowest BCUT2D eigenvalue weighted by atomic mass is 10.0. The van der Waals surface area contributed by atoms with E-state index in [1.54, 1.807) is 19.1 Å². The third-order valence-electron chi connectivity index (χ3n) is 3.90. The van der Waals surface area contributed by atoms with Gasteiger partial charge in [0.15, 0.2) is 5.13 Å². The van der Waals surface area contributed by atoms with Gasteiger partial charge >= 0.3 is 5.97 Å². The maximum absolute atomic E-state index is 13.0. The van der Waals surface area contributed by atoms with E-state index < -0.39 is 11.9 Å². The second-order valence-electron chi connectivity index (χ2n) is 5.85. The van der Waals surface area contributed by atoms with Gasteiger partial charge in [-0.25, -0.2) is 9.37 Å². The van der Waals surface area contributed by atoms with E-state index in [4.69, 9.17) is 5.11 Å². The maximum atomic E-state index is 13.0. The molecule has 134 valence electrons. The number of anilines is 1. The molecule has 0 radical (unpaired) electrons. The lowest BCUT2D eigenvalue weighted by molar-refractivity contribution is -0.140. The van der Waals surface area contributed by atoms with Crippen LogP contribution in [0.15, 0.2) is 52.3 Å². The molecule has 0 fully saturated rings. The van der Waals surface area contributed by atoms with Crippen molar-refractivity contribution in [3.63, 3.8) is 0 Å². The summed E-state index contributed by atoms with van der Waals surface area (Å²) in [7, 11) is 0. The van der Waals surface area contributed by atoms with Gasteiger partial charge in [0, 0.05) is 12.1 Å². The Morgan fingerprint density at radius 3 is 2.27 bits per heavy atom. The summed E-state index contributed by atoms with van der Waals surface area (Å²) in [4.78, 5) is 15.4. The van der Waals surface area contributed by atoms with E-state index in [9.17, 15) is 9.18 Å². The molecule has 7 heteroatoms. The SMILES string of the molecule is CC(CNc1nc(-c2ccc(-c3ccc(F)cc3)cc2)c(Br)s1)C(=O)O. The smallest absolute Gasteiger partial charge is 0.308 e. The average molecular weight is 435 g/mol. The lowest BCUT2D eigenvalue weighted by Gasteiger charge is -2.06. The number of carboxylic acids is 1. The molecule has 1 unspecified atom stereocenters. The Morgan fingerprint density at radius 1 is 1.15 bits per heavy atom. The zero-order valence-electron chi connectivity index (χ0n) is 13.9. The van der Waals surface area contributed by atoms with Gasteiger partial charge in [0.1, 0.15) is 5.82 Å². The van der Waals surface area contributed by atoms with Crippen LogP contribution in [0.2, 0.25) is 0 Å². The molecule has 0 aliphatic rings. The van der Waals surface area contributed by atoms with Crippen molar-refractivity contribution >= 4 is 38.4 Å². The first-order valence-electron chi connectivity index (χ1n) is 7.93. The first-order valence-corrected chi connectivity index (χ1v) is 9.54. The number of nitrogens with one attached hydrogen (secondary N) is 1. The monoisotopic (exact) mass is 434 g/mol. The molecule has 0 saturated heterocycles. The van der Waals surface area contributed by atoms with Crippen LogP contribution in [0, 0.1) is 11.7 Å². The lowest BCUT2D eigenvalue weighted by Crippen LogP contribution is -2.19. The number of carboxylic acid groups (broad SMARTS) is 1. The van der Waals surface area contributed by atoms with Crippen LogP contribution in [0.1, 0.15) is 6.92 Å². The molecule has 1 heterocycles. The fourth-order valence-corrected chi connectivity index (χ4v) is 3.85. The Morgan fingerprint density at radius 2 is 1.69 bits per heavy atom. The molecule has 0 bridgehead atoms. The Kier molecular flexibility index (Phi) is 5.68. The highest BCUT2D eigenvalue weighted by Gasteiger charge is 2.14. The summed E-state index contributed by atoms with van der Waals surface area (Å²) in [5, 5.41) is 12.7. The Hall–Kier alpha value is -2.25.